The number of carbonyl (C=O) groups excluding carboxylic acids is 1. The van der Waals surface area contributed by atoms with E-state index in [4.69, 9.17) is 0 Å². The zero-order valence-corrected chi connectivity index (χ0v) is 13.0. The first-order chi connectivity index (χ1) is 10.4. The third-order valence-corrected chi connectivity index (χ3v) is 5.47. The maximum Gasteiger partial charge on any atom is 0.267 e. The highest BCUT2D eigenvalue weighted by Crippen LogP contribution is 2.44. The molecule has 1 N–H and O–H groups in total. The number of hydrogen-bond donors (Lipinski definition) is 1. The average molecular weight is 319 g/mol. The zero-order valence-electron chi connectivity index (χ0n) is 12.2. The van der Waals surface area contributed by atoms with E-state index in [0.29, 0.717) is 12.8 Å². The van der Waals surface area contributed by atoms with Crippen LogP contribution in [0, 0.1) is 0 Å². The van der Waals surface area contributed by atoms with Gasteiger partial charge in [0.2, 0.25) is 5.91 Å². The van der Waals surface area contributed by atoms with Crippen molar-refractivity contribution in [1.82, 2.24) is 14.5 Å². The third kappa shape index (κ3) is 2.41. The van der Waals surface area contributed by atoms with E-state index in [2.05, 4.69) is 9.82 Å². The van der Waals surface area contributed by atoms with Crippen LogP contribution in [0.2, 0.25) is 0 Å². The molecule has 7 heteroatoms. The molecule has 0 radical (unpaired) electrons. The molecule has 1 saturated carbocycles. The molecule has 0 saturated heterocycles. The van der Waals surface area contributed by atoms with Gasteiger partial charge in [0.1, 0.15) is 4.90 Å². The number of benzene rings is 1. The Morgan fingerprint density at radius 2 is 1.95 bits per heavy atom. The van der Waals surface area contributed by atoms with Crippen molar-refractivity contribution in [2.45, 2.75) is 29.6 Å². The summed E-state index contributed by atoms with van der Waals surface area (Å²) in [5, 5.41) is 3.83. The third-order valence-electron chi connectivity index (χ3n) is 4.19. The second kappa shape index (κ2) is 5.24. The molecular formula is C15H17N3O3S. The molecule has 0 bridgehead atoms. The fourth-order valence-electron chi connectivity index (χ4n) is 2.75. The van der Waals surface area contributed by atoms with Crippen LogP contribution >= 0.6 is 0 Å². The second-order valence-corrected chi connectivity index (χ2v) is 7.27. The van der Waals surface area contributed by atoms with Gasteiger partial charge in [-0.3, -0.25) is 9.48 Å². The standard InChI is InChI=1S/C15H17N3O3S/c1-18-11-13(10-16-18)22(20,21)17-14(19)15(8-5-9-15)12-6-3-2-4-7-12/h2-4,6-7,10-11H,5,8-9H2,1H3,(H,17,19). The molecule has 1 fully saturated rings. The summed E-state index contributed by atoms with van der Waals surface area (Å²) < 4.78 is 28.2. The van der Waals surface area contributed by atoms with Crippen LogP contribution in [0.1, 0.15) is 24.8 Å². The molecule has 1 aromatic carbocycles. The minimum atomic E-state index is -3.89. The summed E-state index contributed by atoms with van der Waals surface area (Å²) in [7, 11) is -2.27. The van der Waals surface area contributed by atoms with Gasteiger partial charge >= 0.3 is 0 Å². The molecule has 3 rings (SSSR count). The SMILES string of the molecule is Cn1cc(S(=O)(=O)NC(=O)C2(c3ccccc3)CCC2)cn1. The van der Waals surface area contributed by atoms with Gasteiger partial charge in [-0.1, -0.05) is 36.8 Å². The number of nitrogens with zero attached hydrogens (tertiary/aromatic N) is 2. The monoisotopic (exact) mass is 319 g/mol. The minimum Gasteiger partial charge on any atom is -0.274 e. The number of carbonyl (C=O) groups is 1. The summed E-state index contributed by atoms with van der Waals surface area (Å²) >= 11 is 0. The maximum absolute atomic E-state index is 12.6. The molecule has 6 nitrogen and oxygen atoms in total. The predicted octanol–water partition coefficient (Wildman–Crippen LogP) is 1.35. The summed E-state index contributed by atoms with van der Waals surface area (Å²) in [4.78, 5) is 12.6. The van der Waals surface area contributed by atoms with Crippen molar-refractivity contribution in [1.29, 1.82) is 0 Å². The van der Waals surface area contributed by atoms with E-state index >= 15 is 0 Å². The zero-order chi connectivity index (χ0) is 15.8. The molecule has 1 aliphatic carbocycles. The molecule has 1 heterocycles. The van der Waals surface area contributed by atoms with Gasteiger partial charge in [-0.15, -0.1) is 0 Å². The Labute approximate surface area is 129 Å². The number of hydrogen-bond acceptors (Lipinski definition) is 4. The summed E-state index contributed by atoms with van der Waals surface area (Å²) in [6.07, 6.45) is 4.82. The number of aromatic nitrogens is 2. The Hall–Kier alpha value is -2.15. The number of sulfonamides is 1. The van der Waals surface area contributed by atoms with Gasteiger partial charge in [0.25, 0.3) is 10.0 Å². The van der Waals surface area contributed by atoms with Crippen LogP contribution in [0.15, 0.2) is 47.6 Å². The molecule has 1 aliphatic rings. The van der Waals surface area contributed by atoms with Gasteiger partial charge < -0.3 is 0 Å². The fraction of sp³-hybridized carbons (Fsp3) is 0.333. The molecule has 22 heavy (non-hydrogen) atoms. The lowest BCUT2D eigenvalue weighted by Crippen LogP contribution is -2.50. The summed E-state index contributed by atoms with van der Waals surface area (Å²) in [6, 6.07) is 9.33. The molecule has 0 atom stereocenters. The van der Waals surface area contributed by atoms with Gasteiger partial charge in [0, 0.05) is 13.2 Å². The number of nitrogens with one attached hydrogen (secondary N) is 1. The molecule has 1 aromatic heterocycles. The van der Waals surface area contributed by atoms with E-state index in [1.807, 2.05) is 30.3 Å². The lowest BCUT2D eigenvalue weighted by Gasteiger charge is -2.40. The highest BCUT2D eigenvalue weighted by Gasteiger charge is 2.46. The quantitative estimate of drug-likeness (QED) is 0.922. The van der Waals surface area contributed by atoms with Crippen LogP contribution in [0.3, 0.4) is 0 Å². The van der Waals surface area contributed by atoms with E-state index in [1.54, 1.807) is 7.05 Å². The van der Waals surface area contributed by atoms with E-state index in [9.17, 15) is 13.2 Å². The Kier molecular flexibility index (Phi) is 3.52. The van der Waals surface area contributed by atoms with Gasteiger partial charge in [-0.2, -0.15) is 5.10 Å². The van der Waals surface area contributed by atoms with Gasteiger partial charge in [0.15, 0.2) is 0 Å². The van der Waals surface area contributed by atoms with Crippen molar-refractivity contribution < 1.29 is 13.2 Å². The van der Waals surface area contributed by atoms with E-state index in [-0.39, 0.29) is 4.90 Å². The van der Waals surface area contributed by atoms with Crippen LogP contribution in [0.5, 0.6) is 0 Å². The van der Waals surface area contributed by atoms with E-state index in [0.717, 1.165) is 12.0 Å². The van der Waals surface area contributed by atoms with Gasteiger partial charge in [-0.05, 0) is 18.4 Å². The fourth-order valence-corrected chi connectivity index (χ4v) is 3.79. The summed E-state index contributed by atoms with van der Waals surface area (Å²) in [5.74, 6) is -0.464. The maximum atomic E-state index is 12.6. The van der Waals surface area contributed by atoms with Crippen LogP contribution in [0.25, 0.3) is 0 Å². The number of amides is 1. The molecule has 1 amide bonds. The molecule has 0 aliphatic heterocycles. The predicted molar refractivity (Wildman–Crippen MR) is 80.5 cm³/mol. The Morgan fingerprint density at radius 1 is 1.27 bits per heavy atom. The minimum absolute atomic E-state index is 0.00844. The van der Waals surface area contributed by atoms with Crippen molar-refractivity contribution in [3.63, 3.8) is 0 Å². The normalized spacial score (nSPS) is 16.8. The molecule has 0 unspecified atom stereocenters. The number of rotatable bonds is 4. The first-order valence-corrected chi connectivity index (χ1v) is 8.54. The summed E-state index contributed by atoms with van der Waals surface area (Å²) in [5.41, 5.74) is 0.122. The van der Waals surface area contributed by atoms with Gasteiger partial charge in [-0.25, -0.2) is 13.1 Å². The molecule has 2 aromatic rings. The van der Waals surface area contributed by atoms with Crippen molar-refractivity contribution in [3.05, 3.63) is 48.3 Å². The highest BCUT2D eigenvalue weighted by atomic mass is 32.2. The van der Waals surface area contributed by atoms with Gasteiger partial charge in [0.05, 0.1) is 11.6 Å². The smallest absolute Gasteiger partial charge is 0.267 e. The van der Waals surface area contributed by atoms with E-state index in [1.165, 1.54) is 17.1 Å². The molecule has 116 valence electrons. The Bertz CT molecular complexity index is 792. The van der Waals surface area contributed by atoms with Crippen LogP contribution in [-0.4, -0.2) is 24.1 Å². The highest BCUT2D eigenvalue weighted by molar-refractivity contribution is 7.90. The molecule has 0 spiro atoms. The topological polar surface area (TPSA) is 81.1 Å². The van der Waals surface area contributed by atoms with Crippen LogP contribution in [0.4, 0.5) is 0 Å². The van der Waals surface area contributed by atoms with Crippen LogP contribution < -0.4 is 4.72 Å². The Balaban J connectivity index is 1.87. The first-order valence-electron chi connectivity index (χ1n) is 7.05. The average Bonchev–Trinajstić information content (AvgIpc) is 2.86. The lowest BCUT2D eigenvalue weighted by molar-refractivity contribution is -0.128. The van der Waals surface area contributed by atoms with Crippen LogP contribution in [-0.2, 0) is 27.3 Å². The van der Waals surface area contributed by atoms with Crippen molar-refractivity contribution in [2.75, 3.05) is 0 Å². The van der Waals surface area contributed by atoms with Crippen molar-refractivity contribution in [3.8, 4) is 0 Å². The first kappa shape index (κ1) is 14.8. The Morgan fingerprint density at radius 3 is 2.45 bits per heavy atom. The van der Waals surface area contributed by atoms with E-state index < -0.39 is 21.3 Å². The summed E-state index contributed by atoms with van der Waals surface area (Å²) in [6.45, 7) is 0. The lowest BCUT2D eigenvalue weighted by atomic mass is 9.64. The molecular weight excluding hydrogens is 302 g/mol. The number of aryl methyl sites for hydroxylation is 1. The van der Waals surface area contributed by atoms with Crippen molar-refractivity contribution in [2.24, 2.45) is 7.05 Å². The second-order valence-electron chi connectivity index (χ2n) is 5.59. The largest absolute Gasteiger partial charge is 0.274 e. The van der Waals surface area contributed by atoms with Crippen molar-refractivity contribution >= 4 is 15.9 Å².